The molecule has 0 unspecified atom stereocenters. The summed E-state index contributed by atoms with van der Waals surface area (Å²) in [5.41, 5.74) is 5.42. The summed E-state index contributed by atoms with van der Waals surface area (Å²) in [7, 11) is 2.95. The number of amides is 1. The van der Waals surface area contributed by atoms with Crippen LogP contribution in [0.1, 0.15) is 10.5 Å². The summed E-state index contributed by atoms with van der Waals surface area (Å²) >= 11 is 0. The van der Waals surface area contributed by atoms with Crippen LogP contribution in [-0.2, 0) is 0 Å². The zero-order valence-electron chi connectivity index (χ0n) is 14.9. The zero-order valence-corrected chi connectivity index (χ0v) is 14.9. The monoisotopic (exact) mass is 381 g/mol. The molecule has 1 aromatic carbocycles. The highest BCUT2D eigenvalue weighted by Gasteiger charge is 2.23. The van der Waals surface area contributed by atoms with Crippen LogP contribution in [-0.4, -0.2) is 39.6 Å². The summed E-state index contributed by atoms with van der Waals surface area (Å²) in [5, 5.41) is 0. The van der Waals surface area contributed by atoms with Crippen LogP contribution in [0, 0.1) is 0 Å². The molecule has 0 saturated carbocycles. The van der Waals surface area contributed by atoms with Crippen LogP contribution in [0.25, 0.3) is 28.4 Å². The van der Waals surface area contributed by atoms with Crippen molar-refractivity contribution in [1.29, 1.82) is 0 Å². The van der Waals surface area contributed by atoms with Gasteiger partial charge in [-0.2, -0.15) is 0 Å². The van der Waals surface area contributed by atoms with Gasteiger partial charge in [0.1, 0.15) is 5.52 Å². The van der Waals surface area contributed by atoms with Gasteiger partial charge in [0.05, 0.1) is 26.2 Å². The quantitative estimate of drug-likeness (QED) is 0.534. The molecule has 142 valence electrons. The number of imidazole rings is 1. The maximum atomic E-state index is 12.7. The van der Waals surface area contributed by atoms with E-state index in [2.05, 4.69) is 15.0 Å². The Morgan fingerprint density at radius 3 is 2.64 bits per heavy atom. The van der Waals surface area contributed by atoms with E-state index in [1.165, 1.54) is 25.0 Å². The molecule has 28 heavy (non-hydrogen) atoms. The first kappa shape index (κ1) is 17.3. The highest BCUT2D eigenvalue weighted by Crippen LogP contribution is 2.34. The molecule has 3 heterocycles. The number of H-pyrrole nitrogens is 1. The highest BCUT2D eigenvalue weighted by atomic mass is 16.5. The Balaban J connectivity index is 2.10. The van der Waals surface area contributed by atoms with Gasteiger partial charge >= 0.3 is 5.69 Å². The fourth-order valence-electron chi connectivity index (χ4n) is 2.95. The zero-order chi connectivity index (χ0) is 19.8. The summed E-state index contributed by atoms with van der Waals surface area (Å²) in [4.78, 5) is 35.8. The van der Waals surface area contributed by atoms with Crippen LogP contribution >= 0.6 is 0 Å². The number of benzene rings is 1. The van der Waals surface area contributed by atoms with E-state index in [0.29, 0.717) is 22.9 Å². The number of nitrogens with zero attached hydrogens (tertiary/aromatic N) is 3. The smallest absolute Gasteiger partial charge is 0.332 e. The Labute approximate surface area is 157 Å². The van der Waals surface area contributed by atoms with Crippen LogP contribution in [0.4, 0.5) is 0 Å². The van der Waals surface area contributed by atoms with E-state index >= 15 is 0 Å². The minimum atomic E-state index is -0.814. The number of primary amides is 1. The second kappa shape index (κ2) is 6.58. The third-order valence-electron chi connectivity index (χ3n) is 4.13. The normalized spacial score (nSPS) is 10.9. The van der Waals surface area contributed by atoms with Gasteiger partial charge in [0.2, 0.25) is 0 Å². The highest BCUT2D eigenvalue weighted by molar-refractivity contribution is 6.02. The third kappa shape index (κ3) is 2.58. The van der Waals surface area contributed by atoms with Crippen molar-refractivity contribution in [2.24, 2.45) is 5.73 Å². The standard InChI is InChI=1S/C18H15N5O5/c1-26-10-6-3-5-9(14(10)27-2)23-17-13(21-18(23)25)12(15(19)24)20-16(22-17)11-7-4-8-28-11/h3-8H,1-2H3,(H2,19,24)(H,21,25). The molecule has 0 radical (unpaired) electrons. The molecule has 10 heteroatoms. The Morgan fingerprint density at radius 1 is 1.18 bits per heavy atom. The molecule has 0 fully saturated rings. The first-order chi connectivity index (χ1) is 13.5. The van der Waals surface area contributed by atoms with E-state index in [-0.39, 0.29) is 22.7 Å². The number of carbonyl (C=O) groups is 1. The summed E-state index contributed by atoms with van der Waals surface area (Å²) in [6.45, 7) is 0. The number of para-hydroxylation sites is 1. The van der Waals surface area contributed by atoms with Gasteiger partial charge in [0.25, 0.3) is 5.91 Å². The Kier molecular flexibility index (Phi) is 4.07. The maximum Gasteiger partial charge on any atom is 0.332 e. The van der Waals surface area contributed by atoms with E-state index in [4.69, 9.17) is 19.6 Å². The largest absolute Gasteiger partial charge is 0.493 e. The molecule has 0 bridgehead atoms. The van der Waals surface area contributed by atoms with E-state index in [1.807, 2.05) is 0 Å². The van der Waals surface area contributed by atoms with E-state index in [0.717, 1.165) is 0 Å². The topological polar surface area (TPSA) is 138 Å². The predicted octanol–water partition coefficient (Wildman–Crippen LogP) is 1.48. The summed E-state index contributed by atoms with van der Waals surface area (Å²) in [6.07, 6.45) is 1.45. The van der Waals surface area contributed by atoms with Crippen molar-refractivity contribution in [2.45, 2.75) is 0 Å². The minimum Gasteiger partial charge on any atom is -0.493 e. The van der Waals surface area contributed by atoms with E-state index in [9.17, 15) is 9.59 Å². The van der Waals surface area contributed by atoms with Gasteiger partial charge in [-0.1, -0.05) is 6.07 Å². The first-order valence-corrected chi connectivity index (χ1v) is 8.13. The number of furan rings is 1. The van der Waals surface area contributed by atoms with E-state index in [1.54, 1.807) is 30.3 Å². The molecule has 0 atom stereocenters. The van der Waals surface area contributed by atoms with Gasteiger partial charge in [-0.05, 0) is 24.3 Å². The molecule has 1 amide bonds. The summed E-state index contributed by atoms with van der Waals surface area (Å²) < 4.78 is 17.3. The fraction of sp³-hybridized carbons (Fsp3) is 0.111. The number of nitrogens with two attached hydrogens (primary N) is 1. The molecule has 3 aromatic heterocycles. The maximum absolute atomic E-state index is 12.7. The number of ether oxygens (including phenoxy) is 2. The van der Waals surface area contributed by atoms with Crippen LogP contribution in [0.2, 0.25) is 0 Å². The second-order valence-corrected chi connectivity index (χ2v) is 5.71. The van der Waals surface area contributed by atoms with Crippen LogP contribution in [0.15, 0.2) is 45.8 Å². The number of methoxy groups -OCH3 is 2. The van der Waals surface area contributed by atoms with Crippen LogP contribution in [0.5, 0.6) is 11.5 Å². The molecule has 0 saturated heterocycles. The number of carbonyl (C=O) groups excluding carboxylic acids is 1. The van der Waals surface area contributed by atoms with Gasteiger partial charge in [-0.25, -0.2) is 19.3 Å². The molecule has 0 aliphatic rings. The molecule has 0 spiro atoms. The number of rotatable bonds is 5. The molecule has 10 nitrogen and oxygen atoms in total. The molecule has 0 aliphatic heterocycles. The number of fused-ring (bicyclic) bond motifs is 1. The summed E-state index contributed by atoms with van der Waals surface area (Å²) in [5.74, 6) is 0.373. The number of aromatic amines is 1. The number of nitrogens with one attached hydrogen (secondary N) is 1. The van der Waals surface area contributed by atoms with Crippen LogP contribution in [0.3, 0.4) is 0 Å². The summed E-state index contributed by atoms with van der Waals surface area (Å²) in [6, 6.07) is 8.34. The average Bonchev–Trinajstić information content (AvgIpc) is 3.33. The number of hydrogen-bond donors (Lipinski definition) is 2. The number of hydrogen-bond acceptors (Lipinski definition) is 7. The van der Waals surface area contributed by atoms with Crippen molar-refractivity contribution >= 4 is 17.1 Å². The first-order valence-electron chi connectivity index (χ1n) is 8.13. The molecular weight excluding hydrogens is 366 g/mol. The lowest BCUT2D eigenvalue weighted by Gasteiger charge is -2.13. The second-order valence-electron chi connectivity index (χ2n) is 5.71. The molecule has 0 aliphatic carbocycles. The lowest BCUT2D eigenvalue weighted by molar-refractivity contribution is 0.0997. The van der Waals surface area contributed by atoms with Crippen molar-refractivity contribution in [3.63, 3.8) is 0 Å². The molecule has 4 aromatic rings. The number of aromatic nitrogens is 4. The predicted molar refractivity (Wildman–Crippen MR) is 98.8 cm³/mol. The fourth-order valence-corrected chi connectivity index (χ4v) is 2.95. The van der Waals surface area contributed by atoms with Gasteiger partial charge in [0, 0.05) is 0 Å². The van der Waals surface area contributed by atoms with Crippen molar-refractivity contribution < 1.29 is 18.7 Å². The molecule has 3 N–H and O–H groups in total. The minimum absolute atomic E-state index is 0.109. The van der Waals surface area contributed by atoms with Crippen LogP contribution < -0.4 is 20.9 Å². The van der Waals surface area contributed by atoms with Crippen molar-refractivity contribution in [3.8, 4) is 28.8 Å². The van der Waals surface area contributed by atoms with E-state index < -0.39 is 11.6 Å². The Bertz CT molecular complexity index is 1240. The molecule has 4 rings (SSSR count). The Morgan fingerprint density at radius 2 is 2.00 bits per heavy atom. The SMILES string of the molecule is COc1cccc(-n2c(=O)[nH]c3c(C(N)=O)nc(-c4ccco4)nc32)c1OC. The lowest BCUT2D eigenvalue weighted by atomic mass is 10.2. The average molecular weight is 381 g/mol. The lowest BCUT2D eigenvalue weighted by Crippen LogP contribution is -2.16. The van der Waals surface area contributed by atoms with Gasteiger partial charge in [-0.3, -0.25) is 4.79 Å². The van der Waals surface area contributed by atoms with Gasteiger partial charge < -0.3 is 24.6 Å². The van der Waals surface area contributed by atoms with Crippen molar-refractivity contribution in [3.05, 3.63) is 52.8 Å². The third-order valence-corrected chi connectivity index (χ3v) is 4.13. The van der Waals surface area contributed by atoms with Crippen molar-refractivity contribution in [2.75, 3.05) is 14.2 Å². The van der Waals surface area contributed by atoms with Gasteiger partial charge in [0.15, 0.2) is 34.4 Å². The Hall–Kier alpha value is -4.08. The van der Waals surface area contributed by atoms with Gasteiger partial charge in [-0.15, -0.1) is 0 Å². The van der Waals surface area contributed by atoms with Crippen molar-refractivity contribution in [1.82, 2.24) is 19.5 Å². The molecular formula is C18H15N5O5.